The number of carbonyl (C=O) groups is 1. The quantitative estimate of drug-likeness (QED) is 0.564. The first-order valence-electron chi connectivity index (χ1n) is 9.22. The van der Waals surface area contributed by atoms with Crippen molar-refractivity contribution in [1.82, 2.24) is 0 Å². The smallest absolute Gasteiger partial charge is 0.257 e. The van der Waals surface area contributed by atoms with Crippen molar-refractivity contribution >= 4 is 11.6 Å². The van der Waals surface area contributed by atoms with Gasteiger partial charge in [-0.25, -0.2) is 0 Å². The Morgan fingerprint density at radius 1 is 1.00 bits per heavy atom. The second kappa shape index (κ2) is 7.20. The third kappa shape index (κ3) is 2.94. The maximum absolute atomic E-state index is 13.1. The highest BCUT2D eigenvalue weighted by molar-refractivity contribution is 6.16. The molecule has 0 spiro atoms. The van der Waals surface area contributed by atoms with Crippen LogP contribution in [0, 0.1) is 0 Å². The van der Waals surface area contributed by atoms with Gasteiger partial charge in [0.15, 0.2) is 0 Å². The lowest BCUT2D eigenvalue weighted by Crippen LogP contribution is -2.50. The lowest BCUT2D eigenvalue weighted by molar-refractivity contribution is -0.119. The topological polar surface area (TPSA) is 29.5 Å². The lowest BCUT2D eigenvalue weighted by Gasteiger charge is -2.44. The van der Waals surface area contributed by atoms with Crippen LogP contribution in [-0.4, -0.2) is 13.0 Å². The highest BCUT2D eigenvalue weighted by atomic mass is 16.5. The molecule has 4 rings (SSSR count). The summed E-state index contributed by atoms with van der Waals surface area (Å²) in [5.41, 5.74) is 4.21. The Kier molecular flexibility index (Phi) is 4.61. The summed E-state index contributed by atoms with van der Waals surface area (Å²) in [5.74, 6) is 0.911. The number of amides is 1. The fourth-order valence-corrected chi connectivity index (χ4v) is 3.81. The van der Waals surface area contributed by atoms with Crippen LogP contribution >= 0.6 is 0 Å². The average Bonchev–Trinajstić information content (AvgIpc) is 2.96. The SMILES string of the molecule is COc1ccc(N2C(=O)/C(=C3\C=CCCCC3)C2c2ccccc2)cc1. The predicted octanol–water partition coefficient (Wildman–Crippen LogP) is 5.21. The summed E-state index contributed by atoms with van der Waals surface area (Å²) < 4.78 is 5.25. The maximum atomic E-state index is 13.1. The zero-order valence-electron chi connectivity index (χ0n) is 15.0. The number of β-lactam (4-membered cyclic amide) rings is 1. The van der Waals surface area contributed by atoms with Gasteiger partial charge in [0.1, 0.15) is 5.75 Å². The number of nitrogens with zero attached hydrogens (tertiary/aromatic N) is 1. The summed E-state index contributed by atoms with van der Waals surface area (Å²) in [5, 5.41) is 0. The summed E-state index contributed by atoms with van der Waals surface area (Å²) >= 11 is 0. The lowest BCUT2D eigenvalue weighted by atomic mass is 9.83. The van der Waals surface area contributed by atoms with Gasteiger partial charge in [-0.05, 0) is 61.1 Å². The summed E-state index contributed by atoms with van der Waals surface area (Å²) in [6.45, 7) is 0. The first kappa shape index (κ1) is 16.6. The van der Waals surface area contributed by atoms with E-state index in [2.05, 4.69) is 24.3 Å². The molecular weight excluding hydrogens is 322 g/mol. The van der Waals surface area contributed by atoms with E-state index in [4.69, 9.17) is 4.74 Å². The molecule has 0 radical (unpaired) electrons. The van der Waals surface area contributed by atoms with Crippen LogP contribution in [0.2, 0.25) is 0 Å². The van der Waals surface area contributed by atoms with Crippen molar-refractivity contribution in [2.24, 2.45) is 0 Å². The number of hydrogen-bond donors (Lipinski definition) is 0. The van der Waals surface area contributed by atoms with Gasteiger partial charge in [-0.2, -0.15) is 0 Å². The monoisotopic (exact) mass is 345 g/mol. The molecule has 2 aliphatic rings. The van der Waals surface area contributed by atoms with Crippen LogP contribution in [0.1, 0.15) is 37.3 Å². The normalized spacial score (nSPS) is 22.7. The van der Waals surface area contributed by atoms with Crippen LogP contribution in [0.15, 0.2) is 77.9 Å². The van der Waals surface area contributed by atoms with Crippen LogP contribution < -0.4 is 9.64 Å². The van der Waals surface area contributed by atoms with Gasteiger partial charge >= 0.3 is 0 Å². The highest BCUT2D eigenvalue weighted by Gasteiger charge is 2.45. The molecule has 1 atom stereocenters. The second-order valence-electron chi connectivity index (χ2n) is 6.77. The van der Waals surface area contributed by atoms with Crippen LogP contribution in [0.5, 0.6) is 5.75 Å². The molecule has 1 heterocycles. The molecule has 132 valence electrons. The van der Waals surface area contributed by atoms with Gasteiger partial charge in [-0.1, -0.05) is 42.5 Å². The molecule has 1 unspecified atom stereocenters. The van der Waals surface area contributed by atoms with Crippen molar-refractivity contribution in [3.05, 3.63) is 83.5 Å². The predicted molar refractivity (Wildman–Crippen MR) is 104 cm³/mol. The first-order chi connectivity index (χ1) is 12.8. The van der Waals surface area contributed by atoms with Gasteiger partial charge in [-0.3, -0.25) is 9.69 Å². The van der Waals surface area contributed by atoms with E-state index in [1.807, 2.05) is 47.4 Å². The van der Waals surface area contributed by atoms with E-state index >= 15 is 0 Å². The Balaban J connectivity index is 1.77. The van der Waals surface area contributed by atoms with Gasteiger partial charge in [0.2, 0.25) is 0 Å². The van der Waals surface area contributed by atoms with Crippen molar-refractivity contribution < 1.29 is 9.53 Å². The number of allylic oxidation sites excluding steroid dienone is 3. The number of ether oxygens (including phenoxy) is 1. The van der Waals surface area contributed by atoms with Gasteiger partial charge < -0.3 is 4.74 Å². The second-order valence-corrected chi connectivity index (χ2v) is 6.77. The van der Waals surface area contributed by atoms with Crippen molar-refractivity contribution in [2.45, 2.75) is 31.7 Å². The van der Waals surface area contributed by atoms with E-state index < -0.39 is 0 Å². The zero-order valence-corrected chi connectivity index (χ0v) is 15.0. The Hall–Kier alpha value is -2.81. The van der Waals surface area contributed by atoms with Gasteiger partial charge in [0.05, 0.1) is 13.2 Å². The molecule has 0 aromatic heterocycles. The van der Waals surface area contributed by atoms with Crippen LogP contribution in [-0.2, 0) is 4.79 Å². The maximum Gasteiger partial charge on any atom is 0.257 e. The standard InChI is InChI=1S/C23H23NO2/c1-26-20-15-13-19(14-16-20)24-22(18-11-7-4-8-12-18)21(23(24)25)17-9-5-2-3-6-10-17/h4-5,7-9,11-16,22H,2-3,6,10H2,1H3/b21-17+. The minimum absolute atomic E-state index is 0.0187. The minimum atomic E-state index is -0.0187. The molecule has 0 bridgehead atoms. The number of benzene rings is 2. The fraction of sp³-hybridized carbons (Fsp3) is 0.261. The Morgan fingerprint density at radius 2 is 1.77 bits per heavy atom. The summed E-state index contributed by atoms with van der Waals surface area (Å²) in [7, 11) is 1.65. The number of hydrogen-bond acceptors (Lipinski definition) is 2. The Morgan fingerprint density at radius 3 is 2.50 bits per heavy atom. The highest BCUT2D eigenvalue weighted by Crippen LogP contribution is 2.46. The van der Waals surface area contributed by atoms with Crippen LogP contribution in [0.4, 0.5) is 5.69 Å². The summed E-state index contributed by atoms with van der Waals surface area (Å²) in [6, 6.07) is 18.0. The number of rotatable bonds is 3. The van der Waals surface area contributed by atoms with Gasteiger partial charge in [-0.15, -0.1) is 0 Å². The van der Waals surface area contributed by atoms with Crippen molar-refractivity contribution in [1.29, 1.82) is 0 Å². The third-order valence-corrected chi connectivity index (χ3v) is 5.18. The number of methoxy groups -OCH3 is 1. The summed E-state index contributed by atoms with van der Waals surface area (Å²) in [4.78, 5) is 15.0. The molecule has 1 aliphatic heterocycles. The van der Waals surface area contributed by atoms with Crippen molar-refractivity contribution in [3.8, 4) is 5.75 Å². The van der Waals surface area contributed by atoms with Crippen molar-refractivity contribution in [3.63, 3.8) is 0 Å². The molecule has 2 aromatic rings. The molecule has 1 fully saturated rings. The number of anilines is 1. The van der Waals surface area contributed by atoms with E-state index in [1.54, 1.807) is 7.11 Å². The van der Waals surface area contributed by atoms with Gasteiger partial charge in [0, 0.05) is 11.3 Å². The van der Waals surface area contributed by atoms with Crippen LogP contribution in [0.3, 0.4) is 0 Å². The molecule has 1 aliphatic carbocycles. The average molecular weight is 345 g/mol. The fourth-order valence-electron chi connectivity index (χ4n) is 3.81. The third-order valence-electron chi connectivity index (χ3n) is 5.18. The molecule has 1 amide bonds. The molecule has 0 saturated carbocycles. The van der Waals surface area contributed by atoms with Crippen molar-refractivity contribution in [2.75, 3.05) is 12.0 Å². The largest absolute Gasteiger partial charge is 0.497 e. The molecule has 3 heteroatoms. The molecule has 2 aromatic carbocycles. The zero-order chi connectivity index (χ0) is 17.9. The van der Waals surface area contributed by atoms with E-state index in [1.165, 1.54) is 12.0 Å². The first-order valence-corrected chi connectivity index (χ1v) is 9.22. The number of carbonyl (C=O) groups excluding carboxylic acids is 1. The van der Waals surface area contributed by atoms with Gasteiger partial charge in [0.25, 0.3) is 5.91 Å². The van der Waals surface area contributed by atoms with E-state index in [0.29, 0.717) is 0 Å². The molecule has 0 N–H and O–H groups in total. The van der Waals surface area contributed by atoms with E-state index in [0.717, 1.165) is 41.8 Å². The van der Waals surface area contributed by atoms with Crippen LogP contribution in [0.25, 0.3) is 0 Å². The molecule has 3 nitrogen and oxygen atoms in total. The molecular formula is C23H23NO2. The Bertz CT molecular complexity index is 850. The van der Waals surface area contributed by atoms with E-state index in [-0.39, 0.29) is 11.9 Å². The minimum Gasteiger partial charge on any atom is -0.497 e. The van der Waals surface area contributed by atoms with E-state index in [9.17, 15) is 4.79 Å². The summed E-state index contributed by atoms with van der Waals surface area (Å²) in [6.07, 6.45) is 8.80. The Labute approximate surface area is 154 Å². The molecule has 26 heavy (non-hydrogen) atoms. The molecule has 1 saturated heterocycles.